The molecule has 0 saturated heterocycles. The van der Waals surface area contributed by atoms with Gasteiger partial charge in [0.25, 0.3) is 0 Å². The Balaban J connectivity index is 2.11. The first-order valence-corrected chi connectivity index (χ1v) is 7.87. The predicted octanol–water partition coefficient (Wildman–Crippen LogP) is 4.52. The summed E-state index contributed by atoms with van der Waals surface area (Å²) in [5.41, 5.74) is 2.05. The van der Waals surface area contributed by atoms with E-state index in [1.165, 1.54) is 10.9 Å². The molecule has 0 saturated carbocycles. The first kappa shape index (κ1) is 14.2. The third-order valence-electron chi connectivity index (χ3n) is 3.53. The molecular formula is C17H17FN2S. The lowest BCUT2D eigenvalue weighted by Gasteiger charge is -2.04. The molecule has 0 radical (unpaired) electrons. The van der Waals surface area contributed by atoms with Crippen molar-refractivity contribution in [2.45, 2.75) is 20.4 Å². The van der Waals surface area contributed by atoms with Crippen molar-refractivity contribution in [2.75, 3.05) is 6.54 Å². The van der Waals surface area contributed by atoms with Crippen molar-refractivity contribution in [3.8, 4) is 10.6 Å². The van der Waals surface area contributed by atoms with Crippen LogP contribution in [0.25, 0.3) is 21.3 Å². The Morgan fingerprint density at radius 3 is 2.67 bits per heavy atom. The summed E-state index contributed by atoms with van der Waals surface area (Å²) in [6, 6.07) is 10.9. The minimum absolute atomic E-state index is 0.185. The fourth-order valence-corrected chi connectivity index (χ4v) is 3.47. The average Bonchev–Trinajstić information content (AvgIpc) is 2.87. The summed E-state index contributed by atoms with van der Waals surface area (Å²) < 4.78 is 13.9. The van der Waals surface area contributed by atoms with Crippen LogP contribution in [0.1, 0.15) is 17.5 Å². The van der Waals surface area contributed by atoms with Crippen LogP contribution in [0.4, 0.5) is 4.39 Å². The first-order chi connectivity index (χ1) is 10.2. The van der Waals surface area contributed by atoms with Crippen molar-refractivity contribution in [1.29, 1.82) is 0 Å². The van der Waals surface area contributed by atoms with Gasteiger partial charge in [0.2, 0.25) is 0 Å². The maximum Gasteiger partial charge on any atom is 0.131 e. The third kappa shape index (κ3) is 2.69. The number of aromatic nitrogens is 1. The minimum Gasteiger partial charge on any atom is -0.312 e. The molecule has 1 heterocycles. The molecule has 0 aliphatic carbocycles. The van der Waals surface area contributed by atoms with Crippen molar-refractivity contribution in [3.05, 3.63) is 52.8 Å². The van der Waals surface area contributed by atoms with Crippen LogP contribution >= 0.6 is 11.3 Å². The van der Waals surface area contributed by atoms with E-state index < -0.39 is 0 Å². The van der Waals surface area contributed by atoms with Gasteiger partial charge < -0.3 is 5.32 Å². The highest BCUT2D eigenvalue weighted by Crippen LogP contribution is 2.34. The Morgan fingerprint density at radius 1 is 1.14 bits per heavy atom. The van der Waals surface area contributed by atoms with E-state index in [4.69, 9.17) is 0 Å². The largest absolute Gasteiger partial charge is 0.312 e. The molecule has 1 aromatic heterocycles. The molecule has 0 amide bonds. The Morgan fingerprint density at radius 2 is 1.90 bits per heavy atom. The zero-order valence-electron chi connectivity index (χ0n) is 12.1. The first-order valence-electron chi connectivity index (χ1n) is 7.05. The van der Waals surface area contributed by atoms with Gasteiger partial charge in [-0.2, -0.15) is 0 Å². The Labute approximate surface area is 127 Å². The molecule has 3 rings (SSSR count). The molecule has 0 atom stereocenters. The minimum atomic E-state index is -0.185. The number of hydrogen-bond donors (Lipinski definition) is 1. The van der Waals surface area contributed by atoms with E-state index in [0.29, 0.717) is 5.39 Å². The number of rotatable bonds is 4. The zero-order chi connectivity index (χ0) is 14.8. The SMILES string of the molecule is CCNCc1sc(-c2ccc(F)c3ccccc23)nc1C. The van der Waals surface area contributed by atoms with Gasteiger partial charge in [0.05, 0.1) is 5.69 Å². The number of nitrogens with one attached hydrogen (secondary N) is 1. The lowest BCUT2D eigenvalue weighted by atomic mass is 10.0. The van der Waals surface area contributed by atoms with Crippen LogP contribution < -0.4 is 5.32 Å². The van der Waals surface area contributed by atoms with Gasteiger partial charge in [-0.1, -0.05) is 31.2 Å². The standard InChI is InChI=1S/C17H17FN2S/c1-3-19-10-16-11(2)20-17(21-16)14-8-9-15(18)13-7-5-4-6-12(13)14/h4-9,19H,3,10H2,1-2H3. The van der Waals surface area contributed by atoms with Gasteiger partial charge in [-0.15, -0.1) is 11.3 Å². The summed E-state index contributed by atoms with van der Waals surface area (Å²) in [4.78, 5) is 5.91. The number of hydrogen-bond acceptors (Lipinski definition) is 3. The summed E-state index contributed by atoms with van der Waals surface area (Å²) >= 11 is 1.68. The van der Waals surface area contributed by atoms with Crippen LogP contribution in [0.15, 0.2) is 36.4 Å². The van der Waals surface area contributed by atoms with Crippen LogP contribution in [0.5, 0.6) is 0 Å². The van der Waals surface area contributed by atoms with E-state index in [0.717, 1.165) is 34.7 Å². The van der Waals surface area contributed by atoms with E-state index in [-0.39, 0.29) is 5.82 Å². The van der Waals surface area contributed by atoms with Crippen molar-refractivity contribution in [2.24, 2.45) is 0 Å². The molecule has 0 aliphatic heterocycles. The topological polar surface area (TPSA) is 24.9 Å². The van der Waals surface area contributed by atoms with Gasteiger partial charge >= 0.3 is 0 Å². The molecule has 2 aromatic carbocycles. The highest BCUT2D eigenvalue weighted by Gasteiger charge is 2.13. The van der Waals surface area contributed by atoms with Crippen LogP contribution in [-0.4, -0.2) is 11.5 Å². The highest BCUT2D eigenvalue weighted by atomic mass is 32.1. The van der Waals surface area contributed by atoms with E-state index in [2.05, 4.69) is 17.2 Å². The van der Waals surface area contributed by atoms with E-state index in [1.54, 1.807) is 11.3 Å². The quantitative estimate of drug-likeness (QED) is 0.766. The molecular weight excluding hydrogens is 283 g/mol. The lowest BCUT2D eigenvalue weighted by molar-refractivity contribution is 0.640. The van der Waals surface area contributed by atoms with Crippen LogP contribution in [0.2, 0.25) is 0 Å². The van der Waals surface area contributed by atoms with E-state index in [9.17, 15) is 4.39 Å². The molecule has 3 aromatic rings. The Kier molecular flexibility index (Phi) is 3.99. The monoisotopic (exact) mass is 300 g/mol. The average molecular weight is 300 g/mol. The maximum absolute atomic E-state index is 13.9. The van der Waals surface area contributed by atoms with Crippen molar-refractivity contribution in [1.82, 2.24) is 10.3 Å². The van der Waals surface area contributed by atoms with Crippen molar-refractivity contribution in [3.63, 3.8) is 0 Å². The molecule has 4 heteroatoms. The second-order valence-electron chi connectivity index (χ2n) is 4.95. The van der Waals surface area contributed by atoms with Crippen LogP contribution in [0, 0.1) is 12.7 Å². The number of nitrogens with zero attached hydrogens (tertiary/aromatic N) is 1. The predicted molar refractivity (Wildman–Crippen MR) is 87.1 cm³/mol. The molecule has 108 valence electrons. The maximum atomic E-state index is 13.9. The molecule has 0 bridgehead atoms. The van der Waals surface area contributed by atoms with Gasteiger partial charge in [0.15, 0.2) is 0 Å². The van der Waals surface area contributed by atoms with Gasteiger partial charge in [0, 0.05) is 22.4 Å². The molecule has 0 fully saturated rings. The van der Waals surface area contributed by atoms with Crippen LogP contribution in [0.3, 0.4) is 0 Å². The van der Waals surface area contributed by atoms with Gasteiger partial charge in [-0.25, -0.2) is 9.37 Å². The smallest absolute Gasteiger partial charge is 0.131 e. The molecule has 0 spiro atoms. The fourth-order valence-electron chi connectivity index (χ4n) is 2.39. The van der Waals surface area contributed by atoms with Crippen LogP contribution in [-0.2, 0) is 6.54 Å². The van der Waals surface area contributed by atoms with Gasteiger partial charge in [0.1, 0.15) is 10.8 Å². The Hall–Kier alpha value is -1.78. The second-order valence-corrected chi connectivity index (χ2v) is 6.03. The summed E-state index contributed by atoms with van der Waals surface area (Å²) in [7, 11) is 0. The second kappa shape index (κ2) is 5.92. The number of benzene rings is 2. The molecule has 0 aliphatic rings. The zero-order valence-corrected chi connectivity index (χ0v) is 12.9. The van der Waals surface area contributed by atoms with E-state index >= 15 is 0 Å². The molecule has 1 N–H and O–H groups in total. The van der Waals surface area contributed by atoms with Crippen molar-refractivity contribution >= 4 is 22.1 Å². The van der Waals surface area contributed by atoms with Gasteiger partial charge in [-0.3, -0.25) is 0 Å². The number of fused-ring (bicyclic) bond motifs is 1. The number of aryl methyl sites for hydroxylation is 1. The summed E-state index contributed by atoms with van der Waals surface area (Å²) in [6.45, 7) is 5.88. The summed E-state index contributed by atoms with van der Waals surface area (Å²) in [5, 5.41) is 5.85. The molecule has 2 nitrogen and oxygen atoms in total. The summed E-state index contributed by atoms with van der Waals surface area (Å²) in [5.74, 6) is -0.185. The van der Waals surface area contributed by atoms with Crippen molar-refractivity contribution < 1.29 is 4.39 Å². The van der Waals surface area contributed by atoms with E-state index in [1.807, 2.05) is 37.3 Å². The fraction of sp³-hybridized carbons (Fsp3) is 0.235. The third-order valence-corrected chi connectivity index (χ3v) is 4.72. The molecule has 0 unspecified atom stereocenters. The van der Waals surface area contributed by atoms with Gasteiger partial charge in [-0.05, 0) is 31.0 Å². The lowest BCUT2D eigenvalue weighted by Crippen LogP contribution is -2.11. The normalized spacial score (nSPS) is 11.2. The molecule has 21 heavy (non-hydrogen) atoms. The number of halogens is 1. The Bertz CT molecular complexity index is 780. The summed E-state index contributed by atoms with van der Waals surface area (Å²) in [6.07, 6.45) is 0. The number of thiazole rings is 1. The highest BCUT2D eigenvalue weighted by molar-refractivity contribution is 7.15.